The van der Waals surface area contributed by atoms with Crippen molar-refractivity contribution in [3.63, 3.8) is 0 Å². The number of pyridine rings is 1. The Bertz CT molecular complexity index is 537. The minimum Gasteiger partial charge on any atom is -0.389 e. The Morgan fingerprint density at radius 3 is 2.86 bits per heavy atom. The van der Waals surface area contributed by atoms with Crippen LogP contribution < -0.4 is 5.32 Å². The highest BCUT2D eigenvalue weighted by molar-refractivity contribution is 6.31. The number of ether oxygens (including phenoxy) is 1. The Morgan fingerprint density at radius 1 is 1.24 bits per heavy atom. The fourth-order valence-corrected chi connectivity index (χ4v) is 2.06. The van der Waals surface area contributed by atoms with Crippen LogP contribution in [0.5, 0.6) is 0 Å². The van der Waals surface area contributed by atoms with Crippen LogP contribution in [0.2, 0.25) is 5.02 Å². The smallest absolute Gasteiger partial charge is 0.0897 e. The highest BCUT2D eigenvalue weighted by Gasteiger charge is 2.05. The van der Waals surface area contributed by atoms with Crippen LogP contribution in [0, 0.1) is 0 Å². The highest BCUT2D eigenvalue weighted by atomic mass is 35.5. The molecule has 0 aliphatic heterocycles. The third kappa shape index (κ3) is 5.81. The fraction of sp³-hybridized carbons (Fsp3) is 0.312. The monoisotopic (exact) mass is 306 g/mol. The molecule has 0 saturated heterocycles. The second-order valence-electron chi connectivity index (χ2n) is 4.75. The SMILES string of the molecule is OC(CNCc1cccnc1)COCc1ccccc1Cl. The molecule has 0 radical (unpaired) electrons. The molecule has 0 fully saturated rings. The number of nitrogens with one attached hydrogen (secondary N) is 1. The fourth-order valence-electron chi connectivity index (χ4n) is 1.87. The van der Waals surface area contributed by atoms with E-state index < -0.39 is 6.10 Å². The first-order valence-corrected chi connectivity index (χ1v) is 7.22. The Kier molecular flexibility index (Phi) is 6.63. The van der Waals surface area contributed by atoms with E-state index in [1.165, 1.54) is 0 Å². The summed E-state index contributed by atoms with van der Waals surface area (Å²) in [6.07, 6.45) is 2.98. The van der Waals surface area contributed by atoms with Gasteiger partial charge in [-0.05, 0) is 23.3 Å². The van der Waals surface area contributed by atoms with Crippen molar-refractivity contribution in [2.24, 2.45) is 0 Å². The molecule has 0 spiro atoms. The number of hydrogen-bond acceptors (Lipinski definition) is 4. The Hall–Kier alpha value is -1.46. The average molecular weight is 307 g/mol. The zero-order valence-electron chi connectivity index (χ0n) is 11.7. The summed E-state index contributed by atoms with van der Waals surface area (Å²) >= 11 is 6.03. The van der Waals surface area contributed by atoms with Gasteiger partial charge in [-0.3, -0.25) is 4.98 Å². The Balaban J connectivity index is 1.62. The summed E-state index contributed by atoms with van der Waals surface area (Å²) < 4.78 is 5.48. The van der Waals surface area contributed by atoms with E-state index in [0.29, 0.717) is 24.7 Å². The van der Waals surface area contributed by atoms with E-state index in [1.54, 1.807) is 12.4 Å². The van der Waals surface area contributed by atoms with Crippen molar-refractivity contribution in [2.45, 2.75) is 19.3 Å². The number of aliphatic hydroxyl groups is 1. The number of benzene rings is 1. The maximum absolute atomic E-state index is 9.84. The second-order valence-corrected chi connectivity index (χ2v) is 5.16. The molecule has 2 rings (SSSR count). The number of rotatable bonds is 8. The first-order valence-electron chi connectivity index (χ1n) is 6.84. The van der Waals surface area contributed by atoms with E-state index in [-0.39, 0.29) is 6.61 Å². The number of halogens is 1. The molecule has 5 heteroatoms. The van der Waals surface area contributed by atoms with E-state index >= 15 is 0 Å². The molecule has 1 aromatic heterocycles. The summed E-state index contributed by atoms with van der Waals surface area (Å²) in [6, 6.07) is 11.4. The molecule has 112 valence electrons. The average Bonchev–Trinajstić information content (AvgIpc) is 2.50. The van der Waals surface area contributed by atoms with Gasteiger partial charge < -0.3 is 15.2 Å². The number of aliphatic hydroxyl groups excluding tert-OH is 1. The van der Waals surface area contributed by atoms with Crippen molar-refractivity contribution in [3.8, 4) is 0 Å². The van der Waals surface area contributed by atoms with Crippen LogP contribution in [-0.2, 0) is 17.9 Å². The lowest BCUT2D eigenvalue weighted by molar-refractivity contribution is 0.0287. The predicted octanol–water partition coefficient (Wildman–Crippen LogP) is 2.40. The number of nitrogens with zero attached hydrogens (tertiary/aromatic N) is 1. The molecule has 4 nitrogen and oxygen atoms in total. The van der Waals surface area contributed by atoms with Gasteiger partial charge in [0.2, 0.25) is 0 Å². The molecule has 21 heavy (non-hydrogen) atoms. The summed E-state index contributed by atoms with van der Waals surface area (Å²) in [4.78, 5) is 4.03. The maximum atomic E-state index is 9.84. The summed E-state index contributed by atoms with van der Waals surface area (Å²) in [5, 5.41) is 13.7. The molecule has 2 N–H and O–H groups in total. The molecule has 0 amide bonds. The molecule has 0 aliphatic carbocycles. The van der Waals surface area contributed by atoms with Gasteiger partial charge in [0.25, 0.3) is 0 Å². The third-order valence-corrected chi connectivity index (χ3v) is 3.33. The summed E-state index contributed by atoms with van der Waals surface area (Å²) in [5.41, 5.74) is 2.01. The summed E-state index contributed by atoms with van der Waals surface area (Å²) in [7, 11) is 0. The molecule has 0 bridgehead atoms. The zero-order valence-corrected chi connectivity index (χ0v) is 12.5. The van der Waals surface area contributed by atoms with Gasteiger partial charge in [0.15, 0.2) is 0 Å². The molecular weight excluding hydrogens is 288 g/mol. The van der Waals surface area contributed by atoms with Crippen molar-refractivity contribution >= 4 is 11.6 Å². The van der Waals surface area contributed by atoms with E-state index in [1.807, 2.05) is 36.4 Å². The maximum Gasteiger partial charge on any atom is 0.0897 e. The van der Waals surface area contributed by atoms with Gasteiger partial charge >= 0.3 is 0 Å². The lowest BCUT2D eigenvalue weighted by Crippen LogP contribution is -2.30. The van der Waals surface area contributed by atoms with Crippen LogP contribution in [0.1, 0.15) is 11.1 Å². The van der Waals surface area contributed by atoms with E-state index in [2.05, 4.69) is 10.3 Å². The molecule has 0 aliphatic rings. The molecular formula is C16H19ClN2O2. The van der Waals surface area contributed by atoms with Gasteiger partial charge in [-0.15, -0.1) is 0 Å². The van der Waals surface area contributed by atoms with E-state index in [4.69, 9.17) is 16.3 Å². The van der Waals surface area contributed by atoms with Gasteiger partial charge in [0, 0.05) is 30.5 Å². The van der Waals surface area contributed by atoms with Crippen LogP contribution in [-0.4, -0.2) is 29.3 Å². The molecule has 1 aromatic carbocycles. The first-order chi connectivity index (χ1) is 10.3. The summed E-state index contributed by atoms with van der Waals surface area (Å²) in [6.45, 7) is 1.82. The highest BCUT2D eigenvalue weighted by Crippen LogP contribution is 2.15. The van der Waals surface area contributed by atoms with Crippen LogP contribution in [0.3, 0.4) is 0 Å². The largest absolute Gasteiger partial charge is 0.389 e. The number of aromatic nitrogens is 1. The van der Waals surface area contributed by atoms with Crippen LogP contribution in [0.4, 0.5) is 0 Å². The Labute approximate surface area is 129 Å². The quantitative estimate of drug-likeness (QED) is 0.786. The van der Waals surface area contributed by atoms with Gasteiger partial charge in [-0.25, -0.2) is 0 Å². The van der Waals surface area contributed by atoms with Crippen molar-refractivity contribution < 1.29 is 9.84 Å². The molecule has 2 aromatic rings. The summed E-state index contributed by atoms with van der Waals surface area (Å²) in [5.74, 6) is 0. The molecule has 1 unspecified atom stereocenters. The van der Waals surface area contributed by atoms with Crippen molar-refractivity contribution in [1.82, 2.24) is 10.3 Å². The topological polar surface area (TPSA) is 54.4 Å². The number of hydrogen-bond donors (Lipinski definition) is 2. The Morgan fingerprint density at radius 2 is 2.10 bits per heavy atom. The van der Waals surface area contributed by atoms with Crippen molar-refractivity contribution in [3.05, 3.63) is 64.9 Å². The standard InChI is InChI=1S/C16H19ClN2O2/c17-16-6-2-1-5-14(16)11-21-12-15(20)10-19-9-13-4-3-7-18-8-13/h1-8,15,19-20H,9-12H2. The lowest BCUT2D eigenvalue weighted by Gasteiger charge is -2.13. The zero-order chi connectivity index (χ0) is 14.9. The van der Waals surface area contributed by atoms with Gasteiger partial charge in [-0.2, -0.15) is 0 Å². The minimum atomic E-state index is -0.552. The second kappa shape index (κ2) is 8.74. The van der Waals surface area contributed by atoms with Crippen molar-refractivity contribution in [1.29, 1.82) is 0 Å². The van der Waals surface area contributed by atoms with Gasteiger partial charge in [0.05, 0.1) is 19.3 Å². The van der Waals surface area contributed by atoms with Crippen LogP contribution in [0.25, 0.3) is 0 Å². The van der Waals surface area contributed by atoms with Gasteiger partial charge in [-0.1, -0.05) is 35.9 Å². The third-order valence-electron chi connectivity index (χ3n) is 2.96. The lowest BCUT2D eigenvalue weighted by atomic mass is 10.2. The van der Waals surface area contributed by atoms with E-state index in [9.17, 15) is 5.11 Å². The van der Waals surface area contributed by atoms with Gasteiger partial charge in [0.1, 0.15) is 0 Å². The van der Waals surface area contributed by atoms with Crippen LogP contribution in [0.15, 0.2) is 48.8 Å². The first kappa shape index (κ1) is 15.9. The molecule has 1 heterocycles. The molecule has 0 saturated carbocycles. The van der Waals surface area contributed by atoms with Crippen molar-refractivity contribution in [2.75, 3.05) is 13.2 Å². The van der Waals surface area contributed by atoms with Crippen LogP contribution >= 0.6 is 11.6 Å². The predicted molar refractivity (Wildman–Crippen MR) is 83.1 cm³/mol. The normalized spacial score (nSPS) is 12.3. The minimum absolute atomic E-state index is 0.269. The molecule has 1 atom stereocenters. The van der Waals surface area contributed by atoms with E-state index in [0.717, 1.165) is 11.1 Å².